The van der Waals surface area contributed by atoms with Crippen LogP contribution in [-0.2, 0) is 19.9 Å². The predicted octanol–water partition coefficient (Wildman–Crippen LogP) is 1.35. The first-order chi connectivity index (χ1) is 4.79. The highest BCUT2D eigenvalue weighted by atomic mass is 15.3. The van der Waals surface area contributed by atoms with Gasteiger partial charge in [-0.3, -0.25) is 4.68 Å². The molecule has 0 N–H and O–H groups in total. The molecule has 1 aromatic rings. The summed E-state index contributed by atoms with van der Waals surface area (Å²) in [6.07, 6.45) is 5.08. The van der Waals surface area contributed by atoms with Crippen LogP contribution >= 0.6 is 0 Å². The maximum Gasteiger partial charge on any atom is 0.116 e. The average molecular weight is 137 g/mol. The molecule has 0 atom stereocenters. The van der Waals surface area contributed by atoms with Crippen LogP contribution in [0.2, 0.25) is 0 Å². The third-order valence-electron chi connectivity index (χ3n) is 1.76. The van der Waals surface area contributed by atoms with Crippen LogP contribution in [-0.4, -0.2) is 9.78 Å². The van der Waals surface area contributed by atoms with Crippen LogP contribution in [0.1, 0.15) is 25.1 Å². The van der Waals surface area contributed by atoms with Gasteiger partial charge < -0.3 is 0 Å². The van der Waals surface area contributed by atoms with Crippen molar-refractivity contribution in [3.63, 3.8) is 0 Å². The summed E-state index contributed by atoms with van der Waals surface area (Å²) < 4.78 is 1.90. The van der Waals surface area contributed by atoms with Crippen molar-refractivity contribution in [2.45, 2.75) is 26.7 Å². The Morgan fingerprint density at radius 3 is 2.50 bits per heavy atom. The second-order valence-corrected chi connectivity index (χ2v) is 2.37. The Labute approximate surface area is 61.9 Å². The Morgan fingerprint density at radius 2 is 2.10 bits per heavy atom. The molecule has 2 nitrogen and oxygen atoms in total. The second-order valence-electron chi connectivity index (χ2n) is 2.37. The Morgan fingerprint density at radius 1 is 1.40 bits per heavy atom. The molecule has 0 aliphatic heterocycles. The summed E-state index contributed by atoms with van der Waals surface area (Å²) in [7, 11) is 1.97. The normalized spacial score (nSPS) is 10.3. The van der Waals surface area contributed by atoms with Gasteiger partial charge in [0.15, 0.2) is 0 Å². The lowest BCUT2D eigenvalue weighted by Crippen LogP contribution is -1.97. The van der Waals surface area contributed by atoms with Gasteiger partial charge in [-0.1, -0.05) is 13.8 Å². The lowest BCUT2D eigenvalue weighted by atomic mass is 10.2. The summed E-state index contributed by atoms with van der Waals surface area (Å²) >= 11 is 0. The van der Waals surface area contributed by atoms with Gasteiger partial charge in [0.05, 0.1) is 0 Å². The first kappa shape index (κ1) is 7.32. The molecule has 0 fully saturated rings. The molecule has 0 saturated carbocycles. The van der Waals surface area contributed by atoms with Crippen LogP contribution in [0.25, 0.3) is 0 Å². The zero-order chi connectivity index (χ0) is 7.56. The van der Waals surface area contributed by atoms with E-state index in [9.17, 15) is 0 Å². The molecule has 0 aromatic carbocycles. The van der Waals surface area contributed by atoms with Gasteiger partial charge in [-0.05, 0) is 12.8 Å². The molecule has 0 saturated heterocycles. The van der Waals surface area contributed by atoms with Crippen molar-refractivity contribution in [2.24, 2.45) is 7.05 Å². The van der Waals surface area contributed by atoms with E-state index in [1.165, 1.54) is 11.3 Å². The Hall–Kier alpha value is -0.790. The minimum atomic E-state index is 1.04. The minimum Gasteiger partial charge on any atom is -0.272 e. The zero-order valence-corrected chi connectivity index (χ0v) is 6.81. The molecule has 10 heavy (non-hydrogen) atoms. The molecular formula is C8H13N2. The van der Waals surface area contributed by atoms with E-state index in [0.717, 1.165) is 12.8 Å². The van der Waals surface area contributed by atoms with Gasteiger partial charge >= 0.3 is 0 Å². The third-order valence-corrected chi connectivity index (χ3v) is 1.76. The number of rotatable bonds is 2. The quantitative estimate of drug-likeness (QED) is 0.601. The molecular weight excluding hydrogens is 124 g/mol. The summed E-state index contributed by atoms with van der Waals surface area (Å²) in [6, 6.07) is 0. The van der Waals surface area contributed by atoms with Gasteiger partial charge in [0.25, 0.3) is 0 Å². The Balaban J connectivity index is 3.01. The van der Waals surface area contributed by atoms with Crippen LogP contribution in [0.3, 0.4) is 0 Å². The number of nitrogens with zero attached hydrogens (tertiary/aromatic N) is 2. The summed E-state index contributed by atoms with van der Waals surface area (Å²) in [6.45, 7) is 4.27. The molecule has 1 aromatic heterocycles. The minimum absolute atomic E-state index is 1.04. The van der Waals surface area contributed by atoms with Crippen molar-refractivity contribution in [1.82, 2.24) is 9.78 Å². The Bertz CT molecular complexity index is 213. The van der Waals surface area contributed by atoms with Gasteiger partial charge in [0, 0.05) is 18.3 Å². The van der Waals surface area contributed by atoms with Crippen molar-refractivity contribution in [2.75, 3.05) is 0 Å². The van der Waals surface area contributed by atoms with E-state index < -0.39 is 0 Å². The fourth-order valence-electron chi connectivity index (χ4n) is 1.18. The van der Waals surface area contributed by atoms with Gasteiger partial charge in [0.1, 0.15) is 6.20 Å². The number of aryl methyl sites for hydroxylation is 2. The molecule has 0 spiro atoms. The van der Waals surface area contributed by atoms with Crippen LogP contribution in [0.4, 0.5) is 0 Å². The van der Waals surface area contributed by atoms with Crippen molar-refractivity contribution >= 4 is 0 Å². The van der Waals surface area contributed by atoms with Gasteiger partial charge in [-0.2, -0.15) is 5.10 Å². The first-order valence-corrected chi connectivity index (χ1v) is 3.72. The van der Waals surface area contributed by atoms with Crippen molar-refractivity contribution in [3.05, 3.63) is 17.5 Å². The molecule has 0 bridgehead atoms. The second kappa shape index (κ2) is 2.86. The highest BCUT2D eigenvalue weighted by Gasteiger charge is 2.03. The van der Waals surface area contributed by atoms with E-state index in [-0.39, 0.29) is 0 Å². The third kappa shape index (κ3) is 1.06. The largest absolute Gasteiger partial charge is 0.272 e. The van der Waals surface area contributed by atoms with E-state index in [0.29, 0.717) is 0 Å². The molecule has 0 amide bonds. The van der Waals surface area contributed by atoms with E-state index in [1.54, 1.807) is 0 Å². The van der Waals surface area contributed by atoms with E-state index in [4.69, 9.17) is 0 Å². The smallest absolute Gasteiger partial charge is 0.116 e. The van der Waals surface area contributed by atoms with Crippen LogP contribution in [0.5, 0.6) is 0 Å². The van der Waals surface area contributed by atoms with Crippen LogP contribution in [0.15, 0.2) is 0 Å². The summed E-state index contributed by atoms with van der Waals surface area (Å²) in [5.74, 6) is 0. The van der Waals surface area contributed by atoms with Gasteiger partial charge in [0.2, 0.25) is 0 Å². The molecule has 2 heteroatoms. The lowest BCUT2D eigenvalue weighted by molar-refractivity contribution is 0.713. The molecule has 0 aliphatic carbocycles. The number of aromatic nitrogens is 2. The maximum atomic E-state index is 4.05. The monoisotopic (exact) mass is 137 g/mol. The van der Waals surface area contributed by atoms with Crippen LogP contribution < -0.4 is 0 Å². The average Bonchev–Trinajstić information content (AvgIpc) is 2.30. The first-order valence-electron chi connectivity index (χ1n) is 3.72. The molecule has 1 radical (unpaired) electrons. The predicted molar refractivity (Wildman–Crippen MR) is 40.8 cm³/mol. The SMILES string of the molecule is CCc1[c]nn(C)c1CC. The highest BCUT2D eigenvalue weighted by molar-refractivity contribution is 5.15. The standard InChI is InChI=1S/C8H13N2/c1-4-7-6-9-10(3)8(7)5-2/h4-5H2,1-3H3. The van der Waals surface area contributed by atoms with E-state index >= 15 is 0 Å². The maximum absolute atomic E-state index is 4.05. The summed E-state index contributed by atoms with van der Waals surface area (Å²) in [5.41, 5.74) is 2.56. The molecule has 1 rings (SSSR count). The molecule has 0 unspecified atom stereocenters. The number of hydrogen-bond acceptors (Lipinski definition) is 1. The Kier molecular flexibility index (Phi) is 2.10. The molecule has 1 heterocycles. The van der Waals surface area contributed by atoms with E-state index in [1.807, 2.05) is 11.7 Å². The van der Waals surface area contributed by atoms with Crippen LogP contribution in [0, 0.1) is 6.20 Å². The topological polar surface area (TPSA) is 17.8 Å². The van der Waals surface area contributed by atoms with Crippen molar-refractivity contribution in [1.29, 1.82) is 0 Å². The fraction of sp³-hybridized carbons (Fsp3) is 0.625. The van der Waals surface area contributed by atoms with Gasteiger partial charge in [-0.25, -0.2) is 0 Å². The summed E-state index contributed by atoms with van der Waals surface area (Å²) in [4.78, 5) is 0. The van der Waals surface area contributed by atoms with Crippen molar-refractivity contribution in [3.8, 4) is 0 Å². The van der Waals surface area contributed by atoms with Gasteiger partial charge in [-0.15, -0.1) is 0 Å². The van der Waals surface area contributed by atoms with Crippen molar-refractivity contribution < 1.29 is 0 Å². The molecule has 0 aliphatic rings. The number of hydrogen-bond donors (Lipinski definition) is 0. The fourth-order valence-corrected chi connectivity index (χ4v) is 1.18. The summed E-state index contributed by atoms with van der Waals surface area (Å²) in [5, 5.41) is 4.05. The zero-order valence-electron chi connectivity index (χ0n) is 6.81. The molecule has 55 valence electrons. The van der Waals surface area contributed by atoms with E-state index in [2.05, 4.69) is 25.1 Å². The highest BCUT2D eigenvalue weighted by Crippen LogP contribution is 2.06. The lowest BCUT2D eigenvalue weighted by Gasteiger charge is -1.98.